The van der Waals surface area contributed by atoms with Gasteiger partial charge in [-0.05, 0) is 44.5 Å². The van der Waals surface area contributed by atoms with Gasteiger partial charge in [-0.1, -0.05) is 6.92 Å². The first-order chi connectivity index (χ1) is 9.92. The first kappa shape index (κ1) is 17.0. The van der Waals surface area contributed by atoms with Crippen molar-refractivity contribution >= 4 is 17.6 Å². The average molecular weight is 292 g/mol. The van der Waals surface area contributed by atoms with Crippen molar-refractivity contribution in [1.29, 1.82) is 0 Å². The van der Waals surface area contributed by atoms with Crippen LogP contribution in [0.3, 0.4) is 0 Å². The summed E-state index contributed by atoms with van der Waals surface area (Å²) in [6.07, 6.45) is 1.06. The molecule has 1 rings (SSSR count). The lowest BCUT2D eigenvalue weighted by Crippen LogP contribution is -2.40. The molecule has 0 heterocycles. The number of likely N-dealkylation sites (N-methyl/N-ethyl adjacent to an activating group) is 1. The largest absolute Gasteiger partial charge is 0.480 e. The lowest BCUT2D eigenvalue weighted by atomic mass is 10.1. The van der Waals surface area contributed by atoms with E-state index in [1.807, 2.05) is 12.1 Å². The molecule has 0 saturated carbocycles. The van der Waals surface area contributed by atoms with E-state index in [4.69, 9.17) is 5.11 Å². The highest BCUT2D eigenvalue weighted by atomic mass is 16.4. The molecule has 0 radical (unpaired) electrons. The summed E-state index contributed by atoms with van der Waals surface area (Å²) in [5, 5.41) is 8.96. The number of hydrogen-bond acceptors (Lipinski definition) is 3. The van der Waals surface area contributed by atoms with Gasteiger partial charge >= 0.3 is 5.97 Å². The minimum atomic E-state index is -1.01. The molecule has 1 N–H and O–H groups in total. The molecule has 1 amide bonds. The molecular formula is C16H24N2O3. The van der Waals surface area contributed by atoms with E-state index >= 15 is 0 Å². The summed E-state index contributed by atoms with van der Waals surface area (Å²) >= 11 is 0. The quantitative estimate of drug-likeness (QED) is 0.838. The maximum atomic E-state index is 12.2. The van der Waals surface area contributed by atoms with Crippen LogP contribution < -0.4 is 4.90 Å². The Hall–Kier alpha value is -2.04. The van der Waals surface area contributed by atoms with Crippen LogP contribution in [0.1, 0.15) is 37.6 Å². The zero-order valence-electron chi connectivity index (χ0n) is 13.2. The predicted octanol–water partition coefficient (Wildman–Crippen LogP) is 2.47. The molecule has 1 aromatic rings. The van der Waals surface area contributed by atoms with Crippen LogP contribution in [0.15, 0.2) is 24.3 Å². The van der Waals surface area contributed by atoms with E-state index in [2.05, 4.69) is 18.7 Å². The van der Waals surface area contributed by atoms with Crippen molar-refractivity contribution in [3.05, 3.63) is 29.8 Å². The highest BCUT2D eigenvalue weighted by Crippen LogP contribution is 2.17. The van der Waals surface area contributed by atoms with Gasteiger partial charge in [0.2, 0.25) is 0 Å². The van der Waals surface area contributed by atoms with Gasteiger partial charge in [0.05, 0.1) is 0 Å². The van der Waals surface area contributed by atoms with Crippen LogP contribution in [0.5, 0.6) is 0 Å². The Morgan fingerprint density at radius 1 is 1.19 bits per heavy atom. The lowest BCUT2D eigenvalue weighted by molar-refractivity contribution is -0.141. The monoisotopic (exact) mass is 292 g/mol. The summed E-state index contributed by atoms with van der Waals surface area (Å²) < 4.78 is 0. The zero-order chi connectivity index (χ0) is 16.0. The van der Waals surface area contributed by atoms with Crippen LogP contribution in [0.4, 0.5) is 5.69 Å². The minimum absolute atomic E-state index is 0.282. The zero-order valence-corrected chi connectivity index (χ0v) is 13.2. The van der Waals surface area contributed by atoms with Gasteiger partial charge in [0.1, 0.15) is 6.04 Å². The number of nitrogens with zero attached hydrogens (tertiary/aromatic N) is 2. The molecule has 1 unspecified atom stereocenters. The molecule has 0 aliphatic heterocycles. The first-order valence-electron chi connectivity index (χ1n) is 7.27. The second-order valence-electron chi connectivity index (χ2n) is 5.06. The van der Waals surface area contributed by atoms with Crippen LogP contribution in [0.2, 0.25) is 0 Å². The maximum absolute atomic E-state index is 12.2. The van der Waals surface area contributed by atoms with Crippen molar-refractivity contribution < 1.29 is 14.7 Å². The van der Waals surface area contributed by atoms with Gasteiger partial charge < -0.3 is 14.9 Å². The number of carboxylic acid groups (broad SMARTS) is 1. The van der Waals surface area contributed by atoms with Gasteiger partial charge in [0.25, 0.3) is 5.91 Å². The van der Waals surface area contributed by atoms with Crippen molar-refractivity contribution in [2.75, 3.05) is 25.0 Å². The normalized spacial score (nSPS) is 11.8. The predicted molar refractivity (Wildman–Crippen MR) is 83.8 cm³/mol. The third kappa shape index (κ3) is 4.21. The molecule has 0 aromatic heterocycles. The highest BCUT2D eigenvalue weighted by molar-refractivity contribution is 5.96. The van der Waals surface area contributed by atoms with Gasteiger partial charge in [-0.2, -0.15) is 0 Å². The molecule has 116 valence electrons. The standard InChI is InChI=1S/C16H24N2O3/c1-5-11-18(6-2)14-9-7-13(8-10-14)15(19)17(4)12(3)16(20)21/h7-10,12H,5-6,11H2,1-4H3,(H,20,21). The minimum Gasteiger partial charge on any atom is -0.480 e. The molecule has 5 nitrogen and oxygen atoms in total. The molecule has 0 aliphatic carbocycles. The number of amides is 1. The van der Waals surface area contributed by atoms with Gasteiger partial charge in [-0.3, -0.25) is 4.79 Å². The van der Waals surface area contributed by atoms with E-state index in [-0.39, 0.29) is 5.91 Å². The van der Waals surface area contributed by atoms with Crippen molar-refractivity contribution in [2.24, 2.45) is 0 Å². The van der Waals surface area contributed by atoms with Gasteiger partial charge in [-0.25, -0.2) is 4.79 Å². The summed E-state index contributed by atoms with van der Waals surface area (Å²) in [6.45, 7) is 7.60. The Bertz CT molecular complexity index is 485. The maximum Gasteiger partial charge on any atom is 0.326 e. The summed E-state index contributed by atoms with van der Waals surface area (Å²) in [5.74, 6) is -1.29. The van der Waals surface area contributed by atoms with Crippen LogP contribution >= 0.6 is 0 Å². The second kappa shape index (κ2) is 7.67. The third-order valence-electron chi connectivity index (χ3n) is 3.61. The van der Waals surface area contributed by atoms with Crippen molar-refractivity contribution in [1.82, 2.24) is 4.90 Å². The number of benzene rings is 1. The molecular weight excluding hydrogens is 268 g/mol. The number of carboxylic acids is 1. The summed E-state index contributed by atoms with van der Waals surface area (Å²) in [7, 11) is 1.50. The molecule has 0 fully saturated rings. The Labute approximate surface area is 126 Å². The third-order valence-corrected chi connectivity index (χ3v) is 3.61. The van der Waals surface area contributed by atoms with E-state index in [1.165, 1.54) is 18.9 Å². The van der Waals surface area contributed by atoms with E-state index < -0.39 is 12.0 Å². The van der Waals surface area contributed by atoms with Gasteiger partial charge in [0.15, 0.2) is 0 Å². The Morgan fingerprint density at radius 2 is 1.76 bits per heavy atom. The molecule has 0 spiro atoms. The first-order valence-corrected chi connectivity index (χ1v) is 7.27. The summed E-state index contributed by atoms with van der Waals surface area (Å²) in [5.41, 5.74) is 1.58. The van der Waals surface area contributed by atoms with E-state index in [1.54, 1.807) is 12.1 Å². The van der Waals surface area contributed by atoms with E-state index in [9.17, 15) is 9.59 Å². The summed E-state index contributed by atoms with van der Waals surface area (Å²) in [6, 6.07) is 6.48. The molecule has 1 aromatic carbocycles. The molecule has 21 heavy (non-hydrogen) atoms. The van der Waals surface area contributed by atoms with Crippen LogP contribution in [-0.4, -0.2) is 48.1 Å². The van der Waals surface area contributed by atoms with Crippen LogP contribution in [0, 0.1) is 0 Å². The number of anilines is 1. The molecule has 0 bridgehead atoms. The smallest absolute Gasteiger partial charge is 0.326 e. The van der Waals surface area contributed by atoms with E-state index in [0.717, 1.165) is 25.2 Å². The van der Waals surface area contributed by atoms with Crippen LogP contribution in [-0.2, 0) is 4.79 Å². The lowest BCUT2D eigenvalue weighted by Gasteiger charge is -2.24. The Morgan fingerprint density at radius 3 is 2.19 bits per heavy atom. The molecule has 0 aliphatic rings. The fourth-order valence-corrected chi connectivity index (χ4v) is 2.10. The van der Waals surface area contributed by atoms with Crippen molar-refractivity contribution in [3.8, 4) is 0 Å². The highest BCUT2D eigenvalue weighted by Gasteiger charge is 2.22. The molecule has 5 heteroatoms. The van der Waals surface area contributed by atoms with Gasteiger partial charge in [-0.15, -0.1) is 0 Å². The number of carbonyl (C=O) groups excluding carboxylic acids is 1. The fraction of sp³-hybridized carbons (Fsp3) is 0.500. The molecule has 0 saturated heterocycles. The van der Waals surface area contributed by atoms with E-state index in [0.29, 0.717) is 5.56 Å². The fourth-order valence-electron chi connectivity index (χ4n) is 2.10. The summed E-state index contributed by atoms with van der Waals surface area (Å²) in [4.78, 5) is 26.6. The molecule has 1 atom stereocenters. The van der Waals surface area contributed by atoms with Crippen LogP contribution in [0.25, 0.3) is 0 Å². The SMILES string of the molecule is CCCN(CC)c1ccc(C(=O)N(C)C(C)C(=O)O)cc1. The number of carbonyl (C=O) groups is 2. The van der Waals surface area contributed by atoms with Crippen molar-refractivity contribution in [3.63, 3.8) is 0 Å². The number of hydrogen-bond donors (Lipinski definition) is 1. The average Bonchev–Trinajstić information content (AvgIpc) is 2.50. The Balaban J connectivity index is 2.86. The van der Waals surface area contributed by atoms with Crippen molar-refractivity contribution in [2.45, 2.75) is 33.2 Å². The number of rotatable bonds is 7. The second-order valence-corrected chi connectivity index (χ2v) is 5.06. The Kier molecular flexibility index (Phi) is 6.21. The van der Waals surface area contributed by atoms with Gasteiger partial charge in [0, 0.05) is 31.4 Å². The number of aliphatic carboxylic acids is 1. The topological polar surface area (TPSA) is 60.9 Å².